The van der Waals surface area contributed by atoms with Gasteiger partial charge in [0, 0.05) is 26.2 Å². The summed E-state index contributed by atoms with van der Waals surface area (Å²) in [5, 5.41) is 3.02. The third-order valence-corrected chi connectivity index (χ3v) is 2.80. The third-order valence-electron chi connectivity index (χ3n) is 2.80. The van der Waals surface area contributed by atoms with Crippen LogP contribution >= 0.6 is 0 Å². The summed E-state index contributed by atoms with van der Waals surface area (Å²) in [7, 11) is 1.66. The predicted octanol–water partition coefficient (Wildman–Crippen LogP) is 0.954. The molecule has 0 bridgehead atoms. The van der Waals surface area contributed by atoms with E-state index in [9.17, 15) is 4.79 Å². The van der Waals surface area contributed by atoms with E-state index in [4.69, 9.17) is 9.47 Å². The lowest BCUT2D eigenvalue weighted by atomic mass is 9.99. The van der Waals surface area contributed by atoms with Crippen molar-refractivity contribution < 1.29 is 14.3 Å². The summed E-state index contributed by atoms with van der Waals surface area (Å²) in [6.07, 6.45) is 2.59. The summed E-state index contributed by atoms with van der Waals surface area (Å²) in [5.41, 5.74) is 0. The molecule has 1 unspecified atom stereocenters. The van der Waals surface area contributed by atoms with Gasteiger partial charge in [0.1, 0.15) is 0 Å². The maximum Gasteiger partial charge on any atom is 0.223 e. The maximum absolute atomic E-state index is 11.8. The normalized spacial score (nSPS) is 19.9. The first-order chi connectivity index (χ1) is 7.27. The molecule has 4 heteroatoms. The van der Waals surface area contributed by atoms with E-state index in [0.717, 1.165) is 19.3 Å². The zero-order chi connectivity index (χ0) is 11.1. The van der Waals surface area contributed by atoms with E-state index in [1.165, 1.54) is 0 Å². The predicted molar refractivity (Wildman–Crippen MR) is 57.6 cm³/mol. The molecule has 15 heavy (non-hydrogen) atoms. The zero-order valence-electron chi connectivity index (χ0n) is 9.62. The van der Waals surface area contributed by atoms with Gasteiger partial charge in [-0.05, 0) is 19.3 Å². The molecule has 1 heterocycles. The van der Waals surface area contributed by atoms with Crippen molar-refractivity contribution in [3.05, 3.63) is 0 Å². The molecule has 0 spiro atoms. The highest BCUT2D eigenvalue weighted by atomic mass is 16.5. The Labute approximate surface area is 91.3 Å². The number of methoxy groups -OCH3 is 1. The quantitative estimate of drug-likeness (QED) is 0.743. The van der Waals surface area contributed by atoms with Crippen molar-refractivity contribution in [3.63, 3.8) is 0 Å². The van der Waals surface area contributed by atoms with E-state index >= 15 is 0 Å². The zero-order valence-corrected chi connectivity index (χ0v) is 9.62. The molecule has 1 N–H and O–H groups in total. The number of hydrogen-bond donors (Lipinski definition) is 1. The van der Waals surface area contributed by atoms with E-state index in [1.807, 2.05) is 6.92 Å². The fourth-order valence-corrected chi connectivity index (χ4v) is 1.74. The summed E-state index contributed by atoms with van der Waals surface area (Å²) in [6.45, 7) is 4.05. The van der Waals surface area contributed by atoms with Crippen LogP contribution in [-0.4, -0.2) is 38.9 Å². The molecule has 1 amide bonds. The molecule has 88 valence electrons. The number of ether oxygens (including phenoxy) is 2. The van der Waals surface area contributed by atoms with Crippen LogP contribution < -0.4 is 5.32 Å². The maximum atomic E-state index is 11.8. The molecule has 0 saturated carbocycles. The van der Waals surface area contributed by atoms with Crippen LogP contribution in [0.4, 0.5) is 0 Å². The van der Waals surface area contributed by atoms with Crippen LogP contribution in [-0.2, 0) is 14.3 Å². The van der Waals surface area contributed by atoms with Gasteiger partial charge in [-0.1, -0.05) is 6.92 Å². The highest BCUT2D eigenvalue weighted by Gasteiger charge is 2.23. The highest BCUT2D eigenvalue weighted by Crippen LogP contribution is 2.14. The second kappa shape index (κ2) is 6.80. The molecule has 4 nitrogen and oxygen atoms in total. The Bertz CT molecular complexity index is 190. The molecule has 0 aromatic rings. The van der Waals surface area contributed by atoms with Crippen molar-refractivity contribution in [3.8, 4) is 0 Å². The minimum Gasteiger partial charge on any atom is -0.383 e. The van der Waals surface area contributed by atoms with Gasteiger partial charge in [-0.3, -0.25) is 4.79 Å². The van der Waals surface area contributed by atoms with Crippen molar-refractivity contribution in [1.82, 2.24) is 5.32 Å². The number of hydrogen-bond acceptors (Lipinski definition) is 3. The van der Waals surface area contributed by atoms with Gasteiger partial charge < -0.3 is 14.8 Å². The van der Waals surface area contributed by atoms with Gasteiger partial charge in [0.15, 0.2) is 0 Å². The molecule has 0 radical (unpaired) electrons. The highest BCUT2D eigenvalue weighted by molar-refractivity contribution is 5.79. The first kappa shape index (κ1) is 12.5. The average molecular weight is 215 g/mol. The van der Waals surface area contributed by atoms with E-state index in [-0.39, 0.29) is 17.9 Å². The van der Waals surface area contributed by atoms with E-state index < -0.39 is 0 Å². The van der Waals surface area contributed by atoms with Crippen LogP contribution in [0, 0.1) is 5.92 Å². The molecule has 1 aliphatic rings. The summed E-state index contributed by atoms with van der Waals surface area (Å²) < 4.78 is 10.3. The fourth-order valence-electron chi connectivity index (χ4n) is 1.74. The first-order valence-corrected chi connectivity index (χ1v) is 5.65. The standard InChI is InChI=1S/C11H21NO3/c1-3-10(8-14-2)12-11(13)9-4-6-15-7-5-9/h9-10H,3-8H2,1-2H3,(H,12,13). The summed E-state index contributed by atoms with van der Waals surface area (Å²) >= 11 is 0. The third kappa shape index (κ3) is 4.18. The molecular weight excluding hydrogens is 194 g/mol. The minimum absolute atomic E-state index is 0.129. The Hall–Kier alpha value is -0.610. The Morgan fingerprint density at radius 1 is 1.53 bits per heavy atom. The lowest BCUT2D eigenvalue weighted by molar-refractivity contribution is -0.129. The smallest absolute Gasteiger partial charge is 0.223 e. The molecule has 1 atom stereocenters. The monoisotopic (exact) mass is 215 g/mol. The van der Waals surface area contributed by atoms with Crippen molar-refractivity contribution in [2.75, 3.05) is 26.9 Å². The van der Waals surface area contributed by atoms with Gasteiger partial charge in [-0.2, -0.15) is 0 Å². The van der Waals surface area contributed by atoms with E-state index in [0.29, 0.717) is 19.8 Å². The molecule has 0 aliphatic carbocycles. The van der Waals surface area contributed by atoms with Gasteiger partial charge in [0.05, 0.1) is 12.6 Å². The van der Waals surface area contributed by atoms with Crippen molar-refractivity contribution in [2.24, 2.45) is 5.92 Å². The number of carbonyl (C=O) groups excluding carboxylic acids is 1. The number of nitrogens with one attached hydrogen (secondary N) is 1. The van der Waals surface area contributed by atoms with Crippen LogP contribution in [0.5, 0.6) is 0 Å². The molecule has 1 saturated heterocycles. The van der Waals surface area contributed by atoms with Crippen LogP contribution in [0.1, 0.15) is 26.2 Å². The topological polar surface area (TPSA) is 47.6 Å². The second-order valence-electron chi connectivity index (χ2n) is 3.96. The van der Waals surface area contributed by atoms with E-state index in [1.54, 1.807) is 7.11 Å². The second-order valence-corrected chi connectivity index (χ2v) is 3.96. The molecule has 1 aliphatic heterocycles. The van der Waals surface area contributed by atoms with Gasteiger partial charge >= 0.3 is 0 Å². The Morgan fingerprint density at radius 2 is 2.20 bits per heavy atom. The van der Waals surface area contributed by atoms with Gasteiger partial charge in [0.25, 0.3) is 0 Å². The lowest BCUT2D eigenvalue weighted by Crippen LogP contribution is -2.42. The van der Waals surface area contributed by atoms with E-state index in [2.05, 4.69) is 5.32 Å². The Morgan fingerprint density at radius 3 is 2.73 bits per heavy atom. The Kier molecular flexibility index (Phi) is 5.65. The van der Waals surface area contributed by atoms with Crippen molar-refractivity contribution >= 4 is 5.91 Å². The minimum atomic E-state index is 0.129. The van der Waals surface area contributed by atoms with Crippen LogP contribution in [0.3, 0.4) is 0 Å². The summed E-state index contributed by atoms with van der Waals surface area (Å²) in [5.74, 6) is 0.284. The Balaban J connectivity index is 2.31. The largest absolute Gasteiger partial charge is 0.383 e. The fraction of sp³-hybridized carbons (Fsp3) is 0.909. The van der Waals surface area contributed by atoms with Gasteiger partial charge in [-0.25, -0.2) is 0 Å². The van der Waals surface area contributed by atoms with Gasteiger partial charge in [0.2, 0.25) is 5.91 Å². The molecule has 0 aromatic heterocycles. The summed E-state index contributed by atoms with van der Waals surface area (Å²) in [4.78, 5) is 11.8. The van der Waals surface area contributed by atoms with Crippen LogP contribution in [0.25, 0.3) is 0 Å². The number of carbonyl (C=O) groups is 1. The molecule has 1 rings (SSSR count). The van der Waals surface area contributed by atoms with Crippen LogP contribution in [0.2, 0.25) is 0 Å². The molecule has 0 aromatic carbocycles. The first-order valence-electron chi connectivity index (χ1n) is 5.65. The number of rotatable bonds is 5. The summed E-state index contributed by atoms with van der Waals surface area (Å²) in [6, 6.07) is 0.144. The molecular formula is C11H21NO3. The number of amides is 1. The van der Waals surface area contributed by atoms with Crippen molar-refractivity contribution in [2.45, 2.75) is 32.2 Å². The van der Waals surface area contributed by atoms with Crippen LogP contribution in [0.15, 0.2) is 0 Å². The average Bonchev–Trinajstić information content (AvgIpc) is 2.29. The lowest BCUT2D eigenvalue weighted by Gasteiger charge is -2.24. The SMILES string of the molecule is CCC(COC)NC(=O)C1CCOCC1. The van der Waals surface area contributed by atoms with Crippen molar-refractivity contribution in [1.29, 1.82) is 0 Å². The van der Waals surface area contributed by atoms with Gasteiger partial charge in [-0.15, -0.1) is 0 Å². The molecule has 1 fully saturated rings.